The van der Waals surface area contributed by atoms with Crippen LogP contribution in [-0.4, -0.2) is 93.4 Å². The van der Waals surface area contributed by atoms with Gasteiger partial charge in [-0.3, -0.25) is 9.59 Å². The zero-order valence-electron chi connectivity index (χ0n) is 28.2. The summed E-state index contributed by atoms with van der Waals surface area (Å²) < 4.78 is 42.5. The molecular formula is C36H48N2O10. The fourth-order valence-corrected chi connectivity index (χ4v) is 3.84. The Morgan fingerprint density at radius 1 is 0.583 bits per heavy atom. The number of benzene rings is 2. The molecule has 0 atom stereocenters. The highest BCUT2D eigenvalue weighted by molar-refractivity contribution is 5.88. The second-order valence-corrected chi connectivity index (χ2v) is 9.87. The van der Waals surface area contributed by atoms with Gasteiger partial charge in [-0.1, -0.05) is 48.6 Å². The van der Waals surface area contributed by atoms with E-state index >= 15 is 0 Å². The standard InChI is InChI=1S/C36H48N2O10/c1-41-21-23-45-27-47-31-17-15-29(25-33(31)43-3)11-5-7-13-35(39)37-19-9-10-20-38-36(40)14-8-6-12-30-16-18-32(34(26-30)44-4)48-28-46-24-22-42-2/h5-8,11-18,25-26H,9-10,19-24,27-28H2,1-4H3,(H,37,39)(H,38,40). The van der Waals surface area contributed by atoms with Crippen molar-refractivity contribution in [1.29, 1.82) is 0 Å². The van der Waals surface area contributed by atoms with E-state index in [0.29, 0.717) is 62.5 Å². The summed E-state index contributed by atoms with van der Waals surface area (Å²) in [5, 5.41) is 5.67. The minimum atomic E-state index is -0.194. The van der Waals surface area contributed by atoms with Crippen LogP contribution in [0.15, 0.2) is 72.9 Å². The van der Waals surface area contributed by atoms with E-state index in [0.717, 1.165) is 24.0 Å². The fraction of sp³-hybridized carbons (Fsp3) is 0.389. The summed E-state index contributed by atoms with van der Waals surface area (Å²) in [4.78, 5) is 24.2. The number of unbranched alkanes of at least 4 members (excludes halogenated alkanes) is 1. The van der Waals surface area contributed by atoms with Crippen molar-refractivity contribution in [2.45, 2.75) is 12.8 Å². The van der Waals surface area contributed by atoms with Crippen LogP contribution in [0.2, 0.25) is 0 Å². The normalized spacial score (nSPS) is 11.5. The average Bonchev–Trinajstić information content (AvgIpc) is 3.10. The topological polar surface area (TPSA) is 132 Å². The predicted molar refractivity (Wildman–Crippen MR) is 184 cm³/mol. The maximum atomic E-state index is 12.1. The molecule has 0 unspecified atom stereocenters. The Balaban J connectivity index is 1.61. The Labute approximate surface area is 283 Å². The SMILES string of the molecule is COCCOCOc1ccc(C=CC=CC(=O)NCCCCNC(=O)C=CC=Cc2ccc(OCOCCOC)c(OC)c2)cc1OC. The van der Waals surface area contributed by atoms with Gasteiger partial charge in [0.15, 0.2) is 36.6 Å². The van der Waals surface area contributed by atoms with Crippen molar-refractivity contribution in [3.8, 4) is 23.0 Å². The fourth-order valence-electron chi connectivity index (χ4n) is 3.84. The van der Waals surface area contributed by atoms with Crippen LogP contribution in [0.5, 0.6) is 23.0 Å². The minimum Gasteiger partial charge on any atom is -0.493 e. The van der Waals surface area contributed by atoms with Gasteiger partial charge in [-0.25, -0.2) is 0 Å². The van der Waals surface area contributed by atoms with Crippen molar-refractivity contribution in [2.75, 3.05) is 81.5 Å². The lowest BCUT2D eigenvalue weighted by Crippen LogP contribution is -2.25. The highest BCUT2D eigenvalue weighted by atomic mass is 16.7. The zero-order valence-corrected chi connectivity index (χ0v) is 28.2. The molecule has 0 aromatic heterocycles. The third kappa shape index (κ3) is 17.3. The van der Waals surface area contributed by atoms with Crippen molar-refractivity contribution >= 4 is 24.0 Å². The number of allylic oxidation sites excluding steroid dienone is 4. The summed E-state index contributed by atoms with van der Waals surface area (Å²) >= 11 is 0. The van der Waals surface area contributed by atoms with Crippen molar-refractivity contribution in [2.24, 2.45) is 0 Å². The molecule has 48 heavy (non-hydrogen) atoms. The summed E-state index contributed by atoms with van der Waals surface area (Å²) in [6.07, 6.45) is 15.0. The smallest absolute Gasteiger partial charge is 0.243 e. The van der Waals surface area contributed by atoms with Crippen molar-refractivity contribution in [1.82, 2.24) is 10.6 Å². The second-order valence-electron chi connectivity index (χ2n) is 9.87. The highest BCUT2D eigenvalue weighted by Crippen LogP contribution is 2.29. The summed E-state index contributed by atoms with van der Waals surface area (Å²) in [6, 6.07) is 11.0. The molecule has 12 heteroatoms. The number of carbonyl (C=O) groups excluding carboxylic acids is 2. The van der Waals surface area contributed by atoms with E-state index in [1.165, 1.54) is 12.2 Å². The predicted octanol–water partition coefficient (Wildman–Crippen LogP) is 4.55. The Morgan fingerprint density at radius 3 is 1.42 bits per heavy atom. The number of carbonyl (C=O) groups is 2. The van der Waals surface area contributed by atoms with Gasteiger partial charge >= 0.3 is 0 Å². The Hall–Kier alpha value is -4.62. The third-order valence-corrected chi connectivity index (χ3v) is 6.33. The number of methoxy groups -OCH3 is 4. The van der Waals surface area contributed by atoms with E-state index in [1.807, 2.05) is 36.4 Å². The van der Waals surface area contributed by atoms with E-state index in [9.17, 15) is 9.59 Å². The van der Waals surface area contributed by atoms with E-state index < -0.39 is 0 Å². The van der Waals surface area contributed by atoms with Crippen molar-refractivity contribution < 1.29 is 47.5 Å². The maximum absolute atomic E-state index is 12.1. The van der Waals surface area contributed by atoms with Crippen LogP contribution in [0.1, 0.15) is 24.0 Å². The molecule has 2 amide bonds. The van der Waals surface area contributed by atoms with E-state index in [2.05, 4.69) is 10.6 Å². The lowest BCUT2D eigenvalue weighted by atomic mass is 10.2. The number of amides is 2. The Bertz CT molecular complexity index is 1240. The van der Waals surface area contributed by atoms with Crippen molar-refractivity contribution in [3.05, 3.63) is 84.0 Å². The van der Waals surface area contributed by atoms with Crippen LogP contribution in [0, 0.1) is 0 Å². The number of nitrogens with one attached hydrogen (secondary N) is 2. The molecule has 0 aliphatic rings. The van der Waals surface area contributed by atoms with Crippen LogP contribution in [0.3, 0.4) is 0 Å². The van der Waals surface area contributed by atoms with Crippen LogP contribution < -0.4 is 29.6 Å². The lowest BCUT2D eigenvalue weighted by molar-refractivity contribution is -0.117. The highest BCUT2D eigenvalue weighted by Gasteiger charge is 2.06. The third-order valence-electron chi connectivity index (χ3n) is 6.33. The molecule has 0 fully saturated rings. The molecule has 0 heterocycles. The van der Waals surface area contributed by atoms with Gasteiger partial charge in [0.05, 0.1) is 40.6 Å². The van der Waals surface area contributed by atoms with Crippen LogP contribution in [0.25, 0.3) is 12.2 Å². The summed E-state index contributed by atoms with van der Waals surface area (Å²) in [7, 11) is 6.35. The number of hydrogen-bond acceptors (Lipinski definition) is 10. The van der Waals surface area contributed by atoms with E-state index in [1.54, 1.807) is 64.9 Å². The molecule has 2 aromatic rings. The van der Waals surface area contributed by atoms with Gasteiger partial charge in [-0.2, -0.15) is 0 Å². The van der Waals surface area contributed by atoms with Gasteiger partial charge in [0.25, 0.3) is 0 Å². The first-order valence-electron chi connectivity index (χ1n) is 15.5. The molecule has 2 N–H and O–H groups in total. The van der Waals surface area contributed by atoms with E-state index in [-0.39, 0.29) is 25.4 Å². The molecule has 262 valence electrons. The number of hydrogen-bond donors (Lipinski definition) is 2. The van der Waals surface area contributed by atoms with Gasteiger partial charge in [0, 0.05) is 39.5 Å². The first-order chi connectivity index (χ1) is 23.5. The van der Waals surface area contributed by atoms with Gasteiger partial charge in [-0.05, 0) is 48.2 Å². The number of rotatable bonds is 25. The molecule has 0 aliphatic heterocycles. The molecule has 0 radical (unpaired) electrons. The molecule has 0 spiro atoms. The van der Waals surface area contributed by atoms with Gasteiger partial charge in [0.2, 0.25) is 11.8 Å². The van der Waals surface area contributed by atoms with Gasteiger partial charge < -0.3 is 48.5 Å². The monoisotopic (exact) mass is 668 g/mol. The maximum Gasteiger partial charge on any atom is 0.243 e. The largest absolute Gasteiger partial charge is 0.493 e. The van der Waals surface area contributed by atoms with E-state index in [4.69, 9.17) is 37.9 Å². The molecule has 0 bridgehead atoms. The van der Waals surface area contributed by atoms with Crippen LogP contribution in [-0.2, 0) is 28.5 Å². The summed E-state index contributed by atoms with van der Waals surface area (Å²) in [5.74, 6) is 1.90. The molecule has 0 saturated carbocycles. The summed E-state index contributed by atoms with van der Waals surface area (Å²) in [6.45, 7) is 3.06. The van der Waals surface area contributed by atoms with Gasteiger partial charge in [-0.15, -0.1) is 0 Å². The Kier molecular flexibility index (Phi) is 21.0. The average molecular weight is 669 g/mol. The minimum absolute atomic E-state index is 0.0931. The zero-order chi connectivity index (χ0) is 34.7. The van der Waals surface area contributed by atoms with Crippen LogP contribution in [0.4, 0.5) is 0 Å². The molecule has 0 saturated heterocycles. The molecule has 2 rings (SSSR count). The molecule has 12 nitrogen and oxygen atoms in total. The first-order valence-corrected chi connectivity index (χ1v) is 15.5. The van der Waals surface area contributed by atoms with Crippen LogP contribution >= 0.6 is 0 Å². The second kappa shape index (κ2) is 25.5. The summed E-state index contributed by atoms with van der Waals surface area (Å²) in [5.41, 5.74) is 1.77. The molecule has 2 aromatic carbocycles. The Morgan fingerprint density at radius 2 is 1.02 bits per heavy atom. The lowest BCUT2D eigenvalue weighted by Gasteiger charge is -2.11. The van der Waals surface area contributed by atoms with Gasteiger partial charge in [0.1, 0.15) is 0 Å². The first kappa shape index (κ1) is 39.6. The number of ether oxygens (including phenoxy) is 8. The molecule has 0 aliphatic carbocycles. The van der Waals surface area contributed by atoms with Crippen molar-refractivity contribution in [3.63, 3.8) is 0 Å². The molecular weight excluding hydrogens is 620 g/mol. The quantitative estimate of drug-likeness (QED) is 0.0672.